The van der Waals surface area contributed by atoms with Gasteiger partial charge in [-0.2, -0.15) is 0 Å². The quantitative estimate of drug-likeness (QED) is 0.829. The van der Waals surface area contributed by atoms with Crippen LogP contribution in [0.4, 0.5) is 0 Å². The molecule has 2 aliphatic rings. The number of rotatable bonds is 5. The van der Waals surface area contributed by atoms with Gasteiger partial charge in [0.25, 0.3) is 0 Å². The van der Waals surface area contributed by atoms with E-state index in [4.69, 9.17) is 4.98 Å². The Balaban J connectivity index is 1.42. The van der Waals surface area contributed by atoms with E-state index in [1.807, 2.05) is 28.8 Å². The van der Waals surface area contributed by atoms with Crippen LogP contribution in [-0.2, 0) is 17.9 Å². The van der Waals surface area contributed by atoms with Gasteiger partial charge < -0.3 is 9.47 Å². The number of aryl methyl sites for hydroxylation is 1. The third-order valence-corrected chi connectivity index (χ3v) is 5.60. The summed E-state index contributed by atoms with van der Waals surface area (Å²) < 4.78 is 1.91. The molecular formula is C20H27N5O. The maximum absolute atomic E-state index is 12.8. The van der Waals surface area contributed by atoms with Crippen LogP contribution >= 0.6 is 0 Å². The van der Waals surface area contributed by atoms with Gasteiger partial charge in [-0.15, -0.1) is 0 Å². The molecule has 2 fully saturated rings. The number of likely N-dealkylation sites (tertiary alicyclic amines) is 2. The van der Waals surface area contributed by atoms with Gasteiger partial charge >= 0.3 is 0 Å². The van der Waals surface area contributed by atoms with Gasteiger partial charge in [0.1, 0.15) is 12.4 Å². The fourth-order valence-electron chi connectivity index (χ4n) is 4.11. The lowest BCUT2D eigenvalue weighted by molar-refractivity contribution is -0.132. The fourth-order valence-corrected chi connectivity index (χ4v) is 4.11. The number of hydrogen-bond donors (Lipinski definition) is 0. The predicted octanol–water partition coefficient (Wildman–Crippen LogP) is 2.55. The monoisotopic (exact) mass is 353 g/mol. The van der Waals surface area contributed by atoms with Crippen molar-refractivity contribution < 1.29 is 4.79 Å². The minimum absolute atomic E-state index is 0.104. The summed E-state index contributed by atoms with van der Waals surface area (Å²) in [7, 11) is 0. The van der Waals surface area contributed by atoms with Crippen LogP contribution in [0, 0.1) is 6.92 Å². The maximum Gasteiger partial charge on any atom is 0.243 e. The van der Waals surface area contributed by atoms with Crippen molar-refractivity contribution in [3.63, 3.8) is 0 Å². The van der Waals surface area contributed by atoms with E-state index in [0.717, 1.165) is 37.4 Å². The van der Waals surface area contributed by atoms with Gasteiger partial charge in [0.2, 0.25) is 5.91 Å². The highest BCUT2D eigenvalue weighted by Crippen LogP contribution is 2.31. The van der Waals surface area contributed by atoms with E-state index in [0.29, 0.717) is 6.54 Å². The number of carbonyl (C=O) groups is 1. The van der Waals surface area contributed by atoms with E-state index in [1.54, 1.807) is 6.20 Å². The summed E-state index contributed by atoms with van der Waals surface area (Å²) in [5.74, 6) is 1.02. The molecule has 6 nitrogen and oxygen atoms in total. The first-order valence-corrected chi connectivity index (χ1v) is 9.65. The lowest BCUT2D eigenvalue weighted by Gasteiger charge is -2.25. The largest absolute Gasteiger partial charge is 0.333 e. The van der Waals surface area contributed by atoms with Crippen LogP contribution in [0.25, 0.3) is 0 Å². The zero-order chi connectivity index (χ0) is 17.9. The van der Waals surface area contributed by atoms with E-state index in [9.17, 15) is 4.79 Å². The summed E-state index contributed by atoms with van der Waals surface area (Å²) in [6.07, 6.45) is 10.2. The first-order chi connectivity index (χ1) is 12.7. The van der Waals surface area contributed by atoms with Crippen LogP contribution in [0.3, 0.4) is 0 Å². The molecule has 0 saturated carbocycles. The Morgan fingerprint density at radius 1 is 1.15 bits per heavy atom. The van der Waals surface area contributed by atoms with Crippen molar-refractivity contribution in [3.8, 4) is 0 Å². The summed E-state index contributed by atoms with van der Waals surface area (Å²) in [6.45, 7) is 6.47. The smallest absolute Gasteiger partial charge is 0.243 e. The normalized spacial score (nSPS) is 20.8. The SMILES string of the molecule is Cc1nccn1CC(=O)N1CCC[C@@H]1c1ccc(CN2CCCC2)cn1. The van der Waals surface area contributed by atoms with Crippen LogP contribution < -0.4 is 0 Å². The second kappa shape index (κ2) is 7.58. The molecule has 26 heavy (non-hydrogen) atoms. The number of pyridine rings is 1. The third-order valence-electron chi connectivity index (χ3n) is 5.60. The van der Waals surface area contributed by atoms with Crippen molar-refractivity contribution in [1.29, 1.82) is 0 Å². The Kier molecular flexibility index (Phi) is 5.02. The summed E-state index contributed by atoms with van der Waals surface area (Å²) in [5, 5.41) is 0. The van der Waals surface area contributed by atoms with Gasteiger partial charge in [0.05, 0.1) is 11.7 Å². The molecule has 4 heterocycles. The summed E-state index contributed by atoms with van der Waals surface area (Å²) >= 11 is 0. The average molecular weight is 353 g/mol. The van der Waals surface area contributed by atoms with Gasteiger partial charge in [-0.3, -0.25) is 14.7 Å². The van der Waals surface area contributed by atoms with Crippen LogP contribution in [-0.4, -0.2) is 49.9 Å². The van der Waals surface area contributed by atoms with Crippen molar-refractivity contribution in [2.45, 2.75) is 51.7 Å². The van der Waals surface area contributed by atoms with E-state index >= 15 is 0 Å². The van der Waals surface area contributed by atoms with Gasteiger partial charge in [-0.1, -0.05) is 6.07 Å². The number of amides is 1. The standard InChI is InChI=1S/C20H27N5O/c1-16-21-8-12-24(16)15-20(26)25-11-4-5-19(25)18-7-6-17(13-22-18)14-23-9-2-3-10-23/h6-8,12-13,19H,2-5,9-11,14-15H2,1H3/t19-/m1/s1. The maximum atomic E-state index is 12.8. The lowest BCUT2D eigenvalue weighted by atomic mass is 10.1. The van der Waals surface area contributed by atoms with Crippen molar-refractivity contribution in [2.24, 2.45) is 0 Å². The molecule has 2 aliphatic heterocycles. The van der Waals surface area contributed by atoms with E-state index in [1.165, 1.54) is 31.5 Å². The number of aromatic nitrogens is 3. The molecule has 0 aromatic carbocycles. The molecule has 0 N–H and O–H groups in total. The molecule has 0 bridgehead atoms. The number of hydrogen-bond acceptors (Lipinski definition) is 4. The van der Waals surface area contributed by atoms with Crippen molar-refractivity contribution in [1.82, 2.24) is 24.3 Å². The zero-order valence-electron chi connectivity index (χ0n) is 15.5. The molecule has 0 unspecified atom stereocenters. The number of carbonyl (C=O) groups excluding carboxylic acids is 1. The van der Waals surface area contributed by atoms with Gasteiger partial charge in [0.15, 0.2) is 0 Å². The number of imidazole rings is 1. The molecule has 0 radical (unpaired) electrons. The summed E-state index contributed by atoms with van der Waals surface area (Å²) in [6, 6.07) is 4.40. The third kappa shape index (κ3) is 3.65. The Morgan fingerprint density at radius 2 is 2.00 bits per heavy atom. The molecule has 0 aliphatic carbocycles. The molecular weight excluding hydrogens is 326 g/mol. The highest BCUT2D eigenvalue weighted by molar-refractivity contribution is 5.76. The molecule has 138 valence electrons. The van der Waals surface area contributed by atoms with Crippen molar-refractivity contribution >= 4 is 5.91 Å². The minimum Gasteiger partial charge on any atom is -0.333 e. The first-order valence-electron chi connectivity index (χ1n) is 9.65. The minimum atomic E-state index is 0.104. The van der Waals surface area contributed by atoms with Gasteiger partial charge in [-0.25, -0.2) is 4.98 Å². The molecule has 4 rings (SSSR count). The van der Waals surface area contributed by atoms with Gasteiger partial charge in [-0.05, 0) is 57.3 Å². The average Bonchev–Trinajstić information content (AvgIpc) is 3.39. The number of nitrogens with zero attached hydrogens (tertiary/aromatic N) is 5. The Hall–Kier alpha value is -2.21. The van der Waals surface area contributed by atoms with E-state index < -0.39 is 0 Å². The molecule has 1 amide bonds. The Bertz CT molecular complexity index is 748. The van der Waals surface area contributed by atoms with Crippen LogP contribution in [0.15, 0.2) is 30.7 Å². The van der Waals surface area contributed by atoms with Crippen molar-refractivity contribution in [2.75, 3.05) is 19.6 Å². The molecule has 6 heteroatoms. The second-order valence-electron chi connectivity index (χ2n) is 7.42. The fraction of sp³-hybridized carbons (Fsp3) is 0.550. The van der Waals surface area contributed by atoms with Crippen LogP contribution in [0.1, 0.15) is 48.8 Å². The zero-order valence-corrected chi connectivity index (χ0v) is 15.5. The predicted molar refractivity (Wildman–Crippen MR) is 99.4 cm³/mol. The van der Waals surface area contributed by atoms with E-state index in [-0.39, 0.29) is 11.9 Å². The molecule has 2 aromatic heterocycles. The molecule has 2 aromatic rings. The highest BCUT2D eigenvalue weighted by Gasteiger charge is 2.31. The van der Waals surface area contributed by atoms with E-state index in [2.05, 4.69) is 22.0 Å². The molecule has 0 spiro atoms. The Labute approximate surface area is 154 Å². The highest BCUT2D eigenvalue weighted by atomic mass is 16.2. The Morgan fingerprint density at radius 3 is 2.69 bits per heavy atom. The lowest BCUT2D eigenvalue weighted by Crippen LogP contribution is -2.33. The van der Waals surface area contributed by atoms with Crippen LogP contribution in [0.5, 0.6) is 0 Å². The van der Waals surface area contributed by atoms with Gasteiger partial charge in [0, 0.05) is 31.7 Å². The summed E-state index contributed by atoms with van der Waals surface area (Å²) in [5.41, 5.74) is 2.28. The van der Waals surface area contributed by atoms with Crippen LogP contribution in [0.2, 0.25) is 0 Å². The molecule has 2 saturated heterocycles. The first kappa shape index (κ1) is 17.2. The van der Waals surface area contributed by atoms with Crippen molar-refractivity contribution in [3.05, 3.63) is 47.8 Å². The summed E-state index contributed by atoms with van der Waals surface area (Å²) in [4.78, 5) is 26.2. The topological polar surface area (TPSA) is 54.3 Å². The molecule has 1 atom stereocenters. The second-order valence-corrected chi connectivity index (χ2v) is 7.42.